The van der Waals surface area contributed by atoms with Crippen LogP contribution in [0.2, 0.25) is 5.15 Å². The number of halogens is 1. The zero-order valence-corrected chi connectivity index (χ0v) is 15.0. The van der Waals surface area contributed by atoms with Crippen LogP contribution in [0, 0.1) is 10.1 Å². The van der Waals surface area contributed by atoms with Crippen molar-refractivity contribution in [1.29, 1.82) is 0 Å². The van der Waals surface area contributed by atoms with E-state index in [1.165, 1.54) is 12.5 Å². The molecule has 0 saturated carbocycles. The SMILES string of the molecule is O=[N+]([O-])c1c(Nc2cccnc2Cl)ncnc1Nc1cccc2ncccc12. The summed E-state index contributed by atoms with van der Waals surface area (Å²) < 4.78 is 0. The summed E-state index contributed by atoms with van der Waals surface area (Å²) in [7, 11) is 0. The summed E-state index contributed by atoms with van der Waals surface area (Å²) in [5.74, 6) is 0.0367. The van der Waals surface area contributed by atoms with E-state index in [4.69, 9.17) is 11.6 Å². The Hall–Kier alpha value is -3.85. The molecule has 0 atom stereocenters. The Morgan fingerprint density at radius 1 is 0.857 bits per heavy atom. The van der Waals surface area contributed by atoms with E-state index in [9.17, 15) is 10.1 Å². The van der Waals surface area contributed by atoms with Crippen LogP contribution in [0.1, 0.15) is 0 Å². The largest absolute Gasteiger partial charge is 0.353 e. The number of pyridine rings is 2. The molecule has 2 N–H and O–H groups in total. The van der Waals surface area contributed by atoms with E-state index in [1.807, 2.05) is 12.1 Å². The maximum Gasteiger partial charge on any atom is 0.353 e. The fourth-order valence-electron chi connectivity index (χ4n) is 2.68. The maximum atomic E-state index is 11.8. The average molecular weight is 394 g/mol. The standard InChI is InChI=1S/C18H12ClN7O2/c19-16-14(7-3-9-21-16)25-18-15(26(27)28)17(22-10-23-18)24-13-6-1-5-12-11(13)4-2-8-20-12/h1-10H,(H2,22,23,24,25). The molecule has 3 heterocycles. The number of hydrogen-bond acceptors (Lipinski definition) is 8. The number of nitrogens with zero attached hydrogens (tertiary/aromatic N) is 5. The predicted octanol–water partition coefficient (Wildman–Crippen LogP) is 4.47. The van der Waals surface area contributed by atoms with Crippen molar-refractivity contribution in [1.82, 2.24) is 19.9 Å². The van der Waals surface area contributed by atoms with E-state index < -0.39 is 4.92 Å². The van der Waals surface area contributed by atoms with E-state index >= 15 is 0 Å². The molecule has 3 aromatic heterocycles. The molecule has 0 aliphatic carbocycles. The minimum atomic E-state index is -0.557. The lowest BCUT2D eigenvalue weighted by Crippen LogP contribution is -2.06. The molecule has 0 aliphatic heterocycles. The fourth-order valence-corrected chi connectivity index (χ4v) is 2.85. The number of anilines is 4. The first-order valence-electron chi connectivity index (χ1n) is 8.11. The molecule has 9 nitrogen and oxygen atoms in total. The van der Waals surface area contributed by atoms with E-state index in [-0.39, 0.29) is 22.5 Å². The number of hydrogen-bond donors (Lipinski definition) is 2. The van der Waals surface area contributed by atoms with Crippen LogP contribution in [-0.2, 0) is 0 Å². The highest BCUT2D eigenvalue weighted by Crippen LogP contribution is 2.35. The molecule has 0 amide bonds. The van der Waals surface area contributed by atoms with Crippen LogP contribution >= 0.6 is 11.6 Å². The van der Waals surface area contributed by atoms with Gasteiger partial charge in [-0.1, -0.05) is 17.7 Å². The third-order valence-corrected chi connectivity index (χ3v) is 4.22. The van der Waals surface area contributed by atoms with E-state index in [2.05, 4.69) is 30.6 Å². The molecule has 28 heavy (non-hydrogen) atoms. The molecule has 0 bridgehead atoms. The zero-order chi connectivity index (χ0) is 19.5. The zero-order valence-electron chi connectivity index (χ0n) is 14.2. The van der Waals surface area contributed by atoms with Crippen LogP contribution in [0.4, 0.5) is 28.7 Å². The lowest BCUT2D eigenvalue weighted by molar-refractivity contribution is -0.383. The van der Waals surface area contributed by atoms with Gasteiger partial charge >= 0.3 is 5.69 Å². The van der Waals surface area contributed by atoms with Crippen molar-refractivity contribution in [3.63, 3.8) is 0 Å². The Bertz CT molecular complexity index is 1180. The van der Waals surface area contributed by atoms with Gasteiger partial charge in [-0.15, -0.1) is 0 Å². The normalized spacial score (nSPS) is 10.6. The molecule has 4 rings (SSSR count). The molecule has 0 spiro atoms. The fraction of sp³-hybridized carbons (Fsp3) is 0. The third-order valence-electron chi connectivity index (χ3n) is 3.92. The second-order valence-corrected chi connectivity index (χ2v) is 6.00. The van der Waals surface area contributed by atoms with Gasteiger partial charge < -0.3 is 10.6 Å². The van der Waals surface area contributed by atoms with Crippen molar-refractivity contribution in [3.05, 3.63) is 76.5 Å². The summed E-state index contributed by atoms with van der Waals surface area (Å²) >= 11 is 6.03. The Kier molecular flexibility index (Phi) is 4.65. The first kappa shape index (κ1) is 17.6. The summed E-state index contributed by atoms with van der Waals surface area (Å²) in [5.41, 5.74) is 1.47. The second-order valence-electron chi connectivity index (χ2n) is 5.64. The number of rotatable bonds is 5. The topological polar surface area (TPSA) is 119 Å². The number of aromatic nitrogens is 4. The highest BCUT2D eigenvalue weighted by molar-refractivity contribution is 6.32. The van der Waals surface area contributed by atoms with Gasteiger partial charge in [0.25, 0.3) is 0 Å². The van der Waals surface area contributed by atoms with Crippen molar-refractivity contribution in [2.75, 3.05) is 10.6 Å². The van der Waals surface area contributed by atoms with Crippen LogP contribution in [0.5, 0.6) is 0 Å². The van der Waals surface area contributed by atoms with Gasteiger partial charge in [0.05, 0.1) is 16.1 Å². The van der Waals surface area contributed by atoms with Gasteiger partial charge in [0.1, 0.15) is 6.33 Å². The van der Waals surface area contributed by atoms with Crippen LogP contribution in [0.25, 0.3) is 10.9 Å². The van der Waals surface area contributed by atoms with Crippen LogP contribution in [0.15, 0.2) is 61.2 Å². The molecule has 0 aliphatic rings. The quantitative estimate of drug-likeness (QED) is 0.289. The first-order valence-corrected chi connectivity index (χ1v) is 8.49. The molecule has 4 aromatic rings. The summed E-state index contributed by atoms with van der Waals surface area (Å²) in [5, 5.41) is 18.6. The van der Waals surface area contributed by atoms with E-state index in [0.717, 1.165) is 10.9 Å². The Morgan fingerprint density at radius 3 is 2.29 bits per heavy atom. The highest BCUT2D eigenvalue weighted by atomic mass is 35.5. The van der Waals surface area contributed by atoms with Crippen molar-refractivity contribution in [2.45, 2.75) is 0 Å². The minimum Gasteiger partial charge on any atom is -0.334 e. The van der Waals surface area contributed by atoms with Crippen molar-refractivity contribution < 1.29 is 4.92 Å². The Morgan fingerprint density at radius 2 is 1.54 bits per heavy atom. The summed E-state index contributed by atoms with van der Waals surface area (Å²) in [6.45, 7) is 0. The molecule has 10 heteroatoms. The lowest BCUT2D eigenvalue weighted by Gasteiger charge is -2.11. The van der Waals surface area contributed by atoms with Crippen LogP contribution in [0.3, 0.4) is 0 Å². The molecule has 1 aromatic carbocycles. The number of fused-ring (bicyclic) bond motifs is 1. The van der Waals surface area contributed by atoms with Crippen LogP contribution in [-0.4, -0.2) is 24.9 Å². The predicted molar refractivity (Wildman–Crippen MR) is 106 cm³/mol. The maximum absolute atomic E-state index is 11.8. The summed E-state index contributed by atoms with van der Waals surface area (Å²) in [6.07, 6.45) is 4.42. The molecule has 0 radical (unpaired) electrons. The number of nitrogens with one attached hydrogen (secondary N) is 2. The molecule has 0 saturated heterocycles. The van der Waals surface area contributed by atoms with E-state index in [1.54, 1.807) is 36.5 Å². The van der Waals surface area contributed by atoms with Gasteiger partial charge in [-0.05, 0) is 36.4 Å². The van der Waals surface area contributed by atoms with Gasteiger partial charge in [-0.25, -0.2) is 15.0 Å². The molecule has 138 valence electrons. The van der Waals surface area contributed by atoms with Gasteiger partial charge in [0.15, 0.2) is 5.15 Å². The highest BCUT2D eigenvalue weighted by Gasteiger charge is 2.24. The van der Waals surface area contributed by atoms with Gasteiger partial charge in [0.2, 0.25) is 11.6 Å². The summed E-state index contributed by atoms with van der Waals surface area (Å²) in [6, 6.07) is 12.4. The Labute approximate surface area is 163 Å². The third kappa shape index (κ3) is 3.38. The first-order chi connectivity index (χ1) is 13.6. The lowest BCUT2D eigenvalue weighted by atomic mass is 10.2. The second kappa shape index (κ2) is 7.41. The smallest absolute Gasteiger partial charge is 0.334 e. The van der Waals surface area contributed by atoms with Gasteiger partial charge in [-0.3, -0.25) is 15.1 Å². The van der Waals surface area contributed by atoms with Gasteiger partial charge in [0, 0.05) is 23.5 Å². The molecular formula is C18H12ClN7O2. The summed E-state index contributed by atoms with van der Waals surface area (Å²) in [4.78, 5) is 27.5. The van der Waals surface area contributed by atoms with Gasteiger partial charge in [-0.2, -0.15) is 0 Å². The average Bonchev–Trinajstić information content (AvgIpc) is 2.70. The van der Waals surface area contributed by atoms with Crippen LogP contribution < -0.4 is 10.6 Å². The molecule has 0 unspecified atom stereocenters. The Balaban J connectivity index is 1.77. The number of benzene rings is 1. The van der Waals surface area contributed by atoms with E-state index in [0.29, 0.717) is 11.4 Å². The van der Waals surface area contributed by atoms with Crippen molar-refractivity contribution in [3.8, 4) is 0 Å². The molecular weight excluding hydrogens is 382 g/mol. The molecule has 0 fully saturated rings. The number of nitro groups is 1. The van der Waals surface area contributed by atoms with Crippen molar-refractivity contribution >= 4 is 51.2 Å². The minimum absolute atomic E-state index is 0.00392. The van der Waals surface area contributed by atoms with Crippen molar-refractivity contribution in [2.24, 2.45) is 0 Å². The monoisotopic (exact) mass is 393 g/mol.